The van der Waals surface area contributed by atoms with E-state index in [1.54, 1.807) is 18.7 Å². The van der Waals surface area contributed by atoms with Crippen LogP contribution in [0, 0.1) is 18.8 Å². The van der Waals surface area contributed by atoms with Gasteiger partial charge in [-0.15, -0.1) is 0 Å². The molecule has 1 aliphatic carbocycles. The summed E-state index contributed by atoms with van der Waals surface area (Å²) in [5, 5.41) is 17.2. The van der Waals surface area contributed by atoms with Crippen molar-refractivity contribution in [2.75, 3.05) is 0 Å². The number of amides is 2. The molecule has 172 valence electrons. The van der Waals surface area contributed by atoms with E-state index in [1.165, 1.54) is 0 Å². The van der Waals surface area contributed by atoms with Crippen LogP contribution in [0.3, 0.4) is 0 Å². The Bertz CT molecular complexity index is 907. The van der Waals surface area contributed by atoms with Crippen molar-refractivity contribution in [2.24, 2.45) is 11.8 Å². The van der Waals surface area contributed by atoms with Crippen molar-refractivity contribution >= 4 is 18.3 Å². The molecule has 11 nitrogen and oxygen atoms in total. The zero-order valence-corrected chi connectivity index (χ0v) is 18.1. The lowest BCUT2D eigenvalue weighted by Crippen LogP contribution is -2.44. The van der Waals surface area contributed by atoms with E-state index in [1.807, 2.05) is 11.6 Å². The van der Waals surface area contributed by atoms with Crippen LogP contribution in [-0.2, 0) is 33.9 Å². The molecule has 2 aromatic heterocycles. The van der Waals surface area contributed by atoms with Crippen molar-refractivity contribution in [2.45, 2.75) is 64.6 Å². The number of aromatic nitrogens is 5. The monoisotopic (exact) mass is 443 g/mol. The molecule has 32 heavy (non-hydrogen) atoms. The summed E-state index contributed by atoms with van der Waals surface area (Å²) in [6, 6.07) is 0.148. The van der Waals surface area contributed by atoms with Gasteiger partial charge in [-0.2, -0.15) is 5.10 Å². The van der Waals surface area contributed by atoms with Crippen LogP contribution >= 0.6 is 0 Å². The molecule has 0 spiro atoms. The first-order valence-electron chi connectivity index (χ1n) is 10.8. The fourth-order valence-electron chi connectivity index (χ4n) is 4.11. The molecule has 2 amide bonds. The van der Waals surface area contributed by atoms with Crippen molar-refractivity contribution < 1.29 is 19.5 Å². The van der Waals surface area contributed by atoms with E-state index in [2.05, 4.69) is 30.7 Å². The second kappa shape index (κ2) is 11.3. The standard InChI is InChI=1S/C20H27N7O2.CH2O2/c1-13-9-22-17(10-21-13)11-23-19(28)14-2-4-16(5-3-14)26-20(29)15-6-7-27-18(8-15)24-12-25-27;2-1-3/h9-10,12,14-16H,2-8,11H2,1H3,(H,23,28)(H,26,29);1H,(H,2,3). The normalized spacial score (nSPS) is 22.0. The number of nitrogens with zero attached hydrogens (tertiary/aromatic N) is 5. The maximum atomic E-state index is 12.6. The molecule has 0 bridgehead atoms. The number of hydrogen-bond acceptors (Lipinski definition) is 7. The second-order valence-corrected chi connectivity index (χ2v) is 8.12. The predicted molar refractivity (Wildman–Crippen MR) is 113 cm³/mol. The second-order valence-electron chi connectivity index (χ2n) is 8.12. The summed E-state index contributed by atoms with van der Waals surface area (Å²) < 4.78 is 1.87. The van der Waals surface area contributed by atoms with Gasteiger partial charge in [0.15, 0.2) is 0 Å². The van der Waals surface area contributed by atoms with Crippen LogP contribution in [0.2, 0.25) is 0 Å². The molecule has 0 saturated heterocycles. The first-order valence-corrected chi connectivity index (χ1v) is 10.8. The highest BCUT2D eigenvalue weighted by atomic mass is 16.3. The van der Waals surface area contributed by atoms with E-state index >= 15 is 0 Å². The van der Waals surface area contributed by atoms with E-state index in [0.29, 0.717) is 13.0 Å². The Hall–Kier alpha value is -3.37. The molecule has 4 rings (SSSR count). The quantitative estimate of drug-likeness (QED) is 0.569. The highest BCUT2D eigenvalue weighted by molar-refractivity contribution is 5.80. The largest absolute Gasteiger partial charge is 0.483 e. The lowest BCUT2D eigenvalue weighted by molar-refractivity contribution is -0.127. The maximum absolute atomic E-state index is 12.6. The van der Waals surface area contributed by atoms with Gasteiger partial charge in [0.2, 0.25) is 11.8 Å². The van der Waals surface area contributed by atoms with E-state index in [0.717, 1.165) is 55.9 Å². The lowest BCUT2D eigenvalue weighted by atomic mass is 9.85. The Morgan fingerprint density at radius 1 is 1.09 bits per heavy atom. The zero-order chi connectivity index (χ0) is 22.9. The molecule has 0 aromatic carbocycles. The predicted octanol–water partition coefficient (Wildman–Crippen LogP) is 0.631. The minimum Gasteiger partial charge on any atom is -0.483 e. The number of carbonyl (C=O) groups excluding carboxylic acids is 2. The van der Waals surface area contributed by atoms with Crippen LogP contribution in [0.1, 0.15) is 49.3 Å². The van der Waals surface area contributed by atoms with E-state index in [-0.39, 0.29) is 36.2 Å². The number of carboxylic acid groups (broad SMARTS) is 1. The minimum atomic E-state index is -0.250. The number of hydrogen-bond donors (Lipinski definition) is 3. The van der Waals surface area contributed by atoms with Gasteiger partial charge < -0.3 is 15.7 Å². The van der Waals surface area contributed by atoms with Crippen molar-refractivity contribution in [3.8, 4) is 0 Å². The van der Waals surface area contributed by atoms with E-state index < -0.39 is 0 Å². The van der Waals surface area contributed by atoms with Gasteiger partial charge in [0.1, 0.15) is 12.2 Å². The molecular weight excluding hydrogens is 414 g/mol. The molecule has 3 heterocycles. The molecule has 2 aromatic rings. The highest BCUT2D eigenvalue weighted by Crippen LogP contribution is 2.26. The molecular formula is C21H29N7O4. The summed E-state index contributed by atoms with van der Waals surface area (Å²) in [6.07, 6.45) is 9.61. The topological polar surface area (TPSA) is 152 Å². The molecule has 11 heteroatoms. The van der Waals surface area contributed by atoms with E-state index in [9.17, 15) is 9.59 Å². The molecule has 0 radical (unpaired) electrons. The Labute approximate surface area is 186 Å². The van der Waals surface area contributed by atoms with Crippen molar-refractivity contribution in [1.29, 1.82) is 0 Å². The highest BCUT2D eigenvalue weighted by Gasteiger charge is 2.30. The van der Waals surface area contributed by atoms with Crippen LogP contribution < -0.4 is 10.6 Å². The van der Waals surface area contributed by atoms with Gasteiger partial charge in [-0.1, -0.05) is 0 Å². The van der Waals surface area contributed by atoms with E-state index in [4.69, 9.17) is 9.90 Å². The summed E-state index contributed by atoms with van der Waals surface area (Å²) in [4.78, 5) is 46.1. The number of fused-ring (bicyclic) bond motifs is 1. The number of rotatable bonds is 5. The first kappa shape index (κ1) is 23.3. The SMILES string of the molecule is Cc1cnc(CNC(=O)C2CCC(NC(=O)C3CCn4ncnc4C3)CC2)cn1.O=CO. The third kappa shape index (κ3) is 6.32. The van der Waals surface area contributed by atoms with Crippen molar-refractivity contribution in [3.63, 3.8) is 0 Å². The summed E-state index contributed by atoms with van der Waals surface area (Å²) in [5.74, 6) is 1.00. The fraction of sp³-hybridized carbons (Fsp3) is 0.571. The average Bonchev–Trinajstić information content (AvgIpc) is 3.27. The van der Waals surface area contributed by atoms with Crippen LogP contribution in [0.15, 0.2) is 18.7 Å². The first-order chi connectivity index (χ1) is 15.5. The smallest absolute Gasteiger partial charge is 0.290 e. The molecule has 1 atom stereocenters. The van der Waals surface area contributed by atoms with Crippen molar-refractivity contribution in [1.82, 2.24) is 35.4 Å². The number of aryl methyl sites for hydroxylation is 2. The average molecular weight is 444 g/mol. The third-order valence-corrected chi connectivity index (χ3v) is 5.91. The zero-order valence-electron chi connectivity index (χ0n) is 18.1. The van der Waals surface area contributed by atoms with Gasteiger partial charge in [-0.25, -0.2) is 4.98 Å². The molecule has 1 fully saturated rings. The summed E-state index contributed by atoms with van der Waals surface area (Å²) in [5.41, 5.74) is 1.61. The number of carbonyl (C=O) groups is 3. The van der Waals surface area contributed by atoms with Crippen molar-refractivity contribution in [3.05, 3.63) is 35.9 Å². The summed E-state index contributed by atoms with van der Waals surface area (Å²) in [6.45, 7) is 2.77. The molecule has 2 aliphatic rings. The molecule has 1 aliphatic heterocycles. The third-order valence-electron chi connectivity index (χ3n) is 5.91. The van der Waals surface area contributed by atoms with Crippen LogP contribution in [0.5, 0.6) is 0 Å². The van der Waals surface area contributed by atoms with Gasteiger partial charge in [-0.3, -0.25) is 29.0 Å². The van der Waals surface area contributed by atoms with Gasteiger partial charge in [0.05, 0.1) is 24.1 Å². The van der Waals surface area contributed by atoms with Crippen LogP contribution in [-0.4, -0.2) is 54.2 Å². The summed E-state index contributed by atoms with van der Waals surface area (Å²) in [7, 11) is 0. The lowest BCUT2D eigenvalue weighted by Gasteiger charge is -2.30. The molecule has 1 unspecified atom stereocenters. The van der Waals surface area contributed by atoms with Gasteiger partial charge >= 0.3 is 0 Å². The Kier molecular flexibility index (Phi) is 8.23. The van der Waals surface area contributed by atoms with Crippen LogP contribution in [0.4, 0.5) is 0 Å². The van der Waals surface area contributed by atoms with Gasteiger partial charge in [0.25, 0.3) is 6.47 Å². The number of nitrogens with one attached hydrogen (secondary N) is 2. The van der Waals surface area contributed by atoms with Gasteiger partial charge in [0, 0.05) is 37.0 Å². The maximum Gasteiger partial charge on any atom is 0.290 e. The molecule has 3 N–H and O–H groups in total. The fourth-order valence-corrected chi connectivity index (χ4v) is 4.11. The molecule has 1 saturated carbocycles. The Morgan fingerprint density at radius 2 is 1.84 bits per heavy atom. The van der Waals surface area contributed by atoms with Gasteiger partial charge in [-0.05, 0) is 39.0 Å². The Morgan fingerprint density at radius 3 is 2.53 bits per heavy atom. The Balaban J connectivity index is 0.000000913. The minimum absolute atomic E-state index is 0.00482. The summed E-state index contributed by atoms with van der Waals surface area (Å²) >= 11 is 0. The van der Waals surface area contributed by atoms with Crippen LogP contribution in [0.25, 0.3) is 0 Å².